The van der Waals surface area contributed by atoms with Gasteiger partial charge in [-0.2, -0.15) is 5.10 Å². The van der Waals surface area contributed by atoms with Crippen molar-refractivity contribution in [2.45, 2.75) is 6.42 Å². The van der Waals surface area contributed by atoms with Crippen LogP contribution in [0.15, 0.2) is 42.9 Å². The predicted molar refractivity (Wildman–Crippen MR) is 74.9 cm³/mol. The van der Waals surface area contributed by atoms with Crippen molar-refractivity contribution in [3.63, 3.8) is 0 Å². The summed E-state index contributed by atoms with van der Waals surface area (Å²) < 4.78 is 2.02. The Morgan fingerprint density at radius 3 is 3.00 bits per heavy atom. The van der Waals surface area contributed by atoms with E-state index in [0.717, 1.165) is 35.4 Å². The number of rotatable bonds is 4. The average Bonchev–Trinajstić information content (AvgIpc) is 2.85. The van der Waals surface area contributed by atoms with Crippen LogP contribution < -0.4 is 5.32 Å². The Hall–Kier alpha value is -2.43. The summed E-state index contributed by atoms with van der Waals surface area (Å²) in [6, 6.07) is 8.09. The Kier molecular flexibility index (Phi) is 3.10. The average molecular weight is 253 g/mol. The molecular weight excluding hydrogens is 238 g/mol. The Balaban J connectivity index is 1.74. The van der Waals surface area contributed by atoms with Gasteiger partial charge in [-0.1, -0.05) is 24.3 Å². The summed E-state index contributed by atoms with van der Waals surface area (Å²) in [4.78, 5) is 4.30. The molecule has 0 aliphatic rings. The summed E-state index contributed by atoms with van der Waals surface area (Å²) in [7, 11) is 2.00. The lowest BCUT2D eigenvalue weighted by Crippen LogP contribution is -2.10. The molecule has 96 valence electrons. The van der Waals surface area contributed by atoms with E-state index in [1.807, 2.05) is 48.3 Å². The first-order valence-electron chi connectivity index (χ1n) is 6.25. The minimum absolute atomic E-state index is 0.785. The smallest absolute Gasteiger partial charge is 0.156 e. The highest BCUT2D eigenvalue weighted by atomic mass is 15.2. The maximum Gasteiger partial charge on any atom is 0.156 e. The van der Waals surface area contributed by atoms with Gasteiger partial charge in [-0.15, -0.1) is 5.10 Å². The highest BCUT2D eigenvalue weighted by molar-refractivity contribution is 5.90. The summed E-state index contributed by atoms with van der Waals surface area (Å²) in [6.45, 7) is 0.785. The number of anilines is 1. The van der Waals surface area contributed by atoms with Gasteiger partial charge in [-0.3, -0.25) is 0 Å². The molecule has 0 saturated carbocycles. The third-order valence-corrected chi connectivity index (χ3v) is 3.13. The molecule has 0 saturated heterocycles. The Bertz CT molecular complexity index is 684. The summed E-state index contributed by atoms with van der Waals surface area (Å²) in [5.41, 5.74) is 0. The largest absolute Gasteiger partial charge is 0.368 e. The van der Waals surface area contributed by atoms with E-state index in [-0.39, 0.29) is 0 Å². The SMILES string of the molecule is Cn1ccnc1CCNc1nncc2ccccc12. The van der Waals surface area contributed by atoms with E-state index in [9.17, 15) is 0 Å². The second kappa shape index (κ2) is 5.06. The van der Waals surface area contributed by atoms with Crippen LogP contribution in [0.3, 0.4) is 0 Å². The van der Waals surface area contributed by atoms with Crippen LogP contribution >= 0.6 is 0 Å². The number of hydrogen-bond acceptors (Lipinski definition) is 4. The monoisotopic (exact) mass is 253 g/mol. The molecule has 0 atom stereocenters. The van der Waals surface area contributed by atoms with Gasteiger partial charge in [-0.05, 0) is 0 Å². The fraction of sp³-hybridized carbons (Fsp3) is 0.214. The van der Waals surface area contributed by atoms with Crippen LogP contribution in [0.4, 0.5) is 5.82 Å². The summed E-state index contributed by atoms with van der Waals surface area (Å²) in [5.74, 6) is 1.88. The quantitative estimate of drug-likeness (QED) is 0.773. The molecule has 0 spiro atoms. The van der Waals surface area contributed by atoms with Crippen LogP contribution in [0.25, 0.3) is 10.8 Å². The fourth-order valence-electron chi connectivity index (χ4n) is 2.09. The van der Waals surface area contributed by atoms with E-state index >= 15 is 0 Å². The van der Waals surface area contributed by atoms with Crippen LogP contribution in [-0.2, 0) is 13.5 Å². The van der Waals surface area contributed by atoms with Crippen LogP contribution in [0.2, 0.25) is 0 Å². The number of nitrogens with one attached hydrogen (secondary N) is 1. The van der Waals surface area contributed by atoms with Crippen molar-refractivity contribution in [1.29, 1.82) is 0 Å². The normalized spacial score (nSPS) is 10.8. The molecule has 0 amide bonds. The molecule has 5 nitrogen and oxygen atoms in total. The number of aryl methyl sites for hydroxylation is 1. The summed E-state index contributed by atoms with van der Waals surface area (Å²) in [5, 5.41) is 13.7. The molecule has 0 fully saturated rings. The molecule has 0 aliphatic carbocycles. The van der Waals surface area contributed by atoms with Gasteiger partial charge in [0.15, 0.2) is 5.82 Å². The van der Waals surface area contributed by atoms with Crippen LogP contribution in [0, 0.1) is 0 Å². The topological polar surface area (TPSA) is 55.6 Å². The van der Waals surface area contributed by atoms with Gasteiger partial charge in [0.1, 0.15) is 5.82 Å². The second-order valence-electron chi connectivity index (χ2n) is 4.41. The van der Waals surface area contributed by atoms with Gasteiger partial charge >= 0.3 is 0 Å². The zero-order valence-electron chi connectivity index (χ0n) is 10.7. The van der Waals surface area contributed by atoms with Crippen molar-refractivity contribution in [3.8, 4) is 0 Å². The fourth-order valence-corrected chi connectivity index (χ4v) is 2.09. The van der Waals surface area contributed by atoms with E-state index in [2.05, 4.69) is 20.5 Å². The van der Waals surface area contributed by atoms with E-state index < -0.39 is 0 Å². The predicted octanol–water partition coefficient (Wildman–Crippen LogP) is 2.02. The molecular formula is C14H15N5. The standard InChI is InChI=1S/C14H15N5/c1-19-9-8-15-13(19)6-7-16-14-12-5-3-2-4-11(12)10-17-18-14/h2-5,8-10H,6-7H2,1H3,(H,16,18). The molecule has 2 heterocycles. The maximum absolute atomic E-state index is 4.30. The minimum Gasteiger partial charge on any atom is -0.368 e. The van der Waals surface area contributed by atoms with Gasteiger partial charge in [-0.25, -0.2) is 4.98 Å². The van der Waals surface area contributed by atoms with Crippen molar-refractivity contribution in [2.24, 2.45) is 7.05 Å². The molecule has 1 aromatic carbocycles. The third-order valence-electron chi connectivity index (χ3n) is 3.13. The van der Waals surface area contributed by atoms with Gasteiger partial charge in [0.2, 0.25) is 0 Å². The van der Waals surface area contributed by atoms with Crippen LogP contribution in [0.1, 0.15) is 5.82 Å². The Labute approximate surface area is 111 Å². The number of fused-ring (bicyclic) bond motifs is 1. The molecule has 1 N–H and O–H groups in total. The lowest BCUT2D eigenvalue weighted by molar-refractivity contribution is 0.788. The molecule has 0 bridgehead atoms. The lowest BCUT2D eigenvalue weighted by Gasteiger charge is -2.07. The summed E-state index contributed by atoms with van der Waals surface area (Å²) in [6.07, 6.45) is 6.40. The van der Waals surface area contributed by atoms with E-state index in [1.54, 1.807) is 6.20 Å². The first-order valence-corrected chi connectivity index (χ1v) is 6.25. The van der Waals surface area contributed by atoms with Gasteiger partial charge < -0.3 is 9.88 Å². The molecule has 0 aliphatic heterocycles. The van der Waals surface area contributed by atoms with Crippen molar-refractivity contribution >= 4 is 16.6 Å². The molecule has 19 heavy (non-hydrogen) atoms. The van der Waals surface area contributed by atoms with Crippen molar-refractivity contribution < 1.29 is 0 Å². The first-order chi connectivity index (χ1) is 9.34. The second-order valence-corrected chi connectivity index (χ2v) is 4.41. The van der Waals surface area contributed by atoms with Gasteiger partial charge in [0.25, 0.3) is 0 Å². The van der Waals surface area contributed by atoms with Crippen molar-refractivity contribution in [3.05, 3.63) is 48.7 Å². The lowest BCUT2D eigenvalue weighted by atomic mass is 10.2. The zero-order chi connectivity index (χ0) is 13.1. The summed E-state index contributed by atoms with van der Waals surface area (Å²) >= 11 is 0. The van der Waals surface area contributed by atoms with E-state index in [4.69, 9.17) is 0 Å². The molecule has 5 heteroatoms. The third kappa shape index (κ3) is 2.40. The molecule has 0 radical (unpaired) electrons. The zero-order valence-corrected chi connectivity index (χ0v) is 10.7. The highest BCUT2D eigenvalue weighted by Gasteiger charge is 2.03. The van der Waals surface area contributed by atoms with Crippen LogP contribution in [0.5, 0.6) is 0 Å². The first kappa shape index (κ1) is 11.6. The van der Waals surface area contributed by atoms with E-state index in [1.165, 1.54) is 0 Å². The van der Waals surface area contributed by atoms with E-state index in [0.29, 0.717) is 0 Å². The number of benzene rings is 1. The maximum atomic E-state index is 4.30. The molecule has 0 unspecified atom stereocenters. The van der Waals surface area contributed by atoms with Crippen LogP contribution in [-0.4, -0.2) is 26.3 Å². The van der Waals surface area contributed by atoms with Gasteiger partial charge in [0.05, 0.1) is 6.20 Å². The van der Waals surface area contributed by atoms with Crippen molar-refractivity contribution in [1.82, 2.24) is 19.7 Å². The molecule has 3 rings (SSSR count). The van der Waals surface area contributed by atoms with Crippen molar-refractivity contribution in [2.75, 3.05) is 11.9 Å². The number of nitrogens with zero attached hydrogens (tertiary/aromatic N) is 4. The number of aromatic nitrogens is 4. The number of imidazole rings is 1. The number of hydrogen-bond donors (Lipinski definition) is 1. The highest BCUT2D eigenvalue weighted by Crippen LogP contribution is 2.18. The molecule has 2 aromatic heterocycles. The Morgan fingerprint density at radius 1 is 1.26 bits per heavy atom. The molecule has 3 aromatic rings. The Morgan fingerprint density at radius 2 is 2.16 bits per heavy atom. The van der Waals surface area contributed by atoms with Gasteiger partial charge in [0, 0.05) is 43.2 Å². The minimum atomic E-state index is 0.785.